The van der Waals surface area contributed by atoms with Crippen molar-refractivity contribution in [3.8, 4) is 16.8 Å². The third-order valence-electron chi connectivity index (χ3n) is 9.68. The molecule has 240 valence electrons. The summed E-state index contributed by atoms with van der Waals surface area (Å²) in [7, 11) is 2.03. The Balaban J connectivity index is 1.31. The van der Waals surface area contributed by atoms with E-state index in [0.717, 1.165) is 68.7 Å². The van der Waals surface area contributed by atoms with Gasteiger partial charge in [0.25, 0.3) is 0 Å². The zero-order valence-electron chi connectivity index (χ0n) is 27.9. The summed E-state index contributed by atoms with van der Waals surface area (Å²) >= 11 is 0. The number of hydrogen-bond donors (Lipinski definition) is 1. The molecule has 0 bridgehead atoms. The van der Waals surface area contributed by atoms with Gasteiger partial charge in [0.15, 0.2) is 0 Å². The molecular formula is C44H38N4O. The van der Waals surface area contributed by atoms with E-state index < -0.39 is 0 Å². The number of furan rings is 1. The van der Waals surface area contributed by atoms with E-state index in [-0.39, 0.29) is 6.04 Å². The highest BCUT2D eigenvalue weighted by Gasteiger charge is 2.26. The molecule has 1 unspecified atom stereocenters. The molecule has 8 rings (SSSR count). The monoisotopic (exact) mass is 638 g/mol. The van der Waals surface area contributed by atoms with Crippen molar-refractivity contribution in [2.24, 2.45) is 10.7 Å². The third kappa shape index (κ3) is 5.06. The lowest BCUT2D eigenvalue weighted by Crippen LogP contribution is -2.30. The molecule has 49 heavy (non-hydrogen) atoms. The molecule has 0 spiro atoms. The van der Waals surface area contributed by atoms with Crippen LogP contribution in [0.15, 0.2) is 150 Å². The number of hydrogen-bond acceptors (Lipinski definition) is 3. The molecule has 1 atom stereocenters. The van der Waals surface area contributed by atoms with Gasteiger partial charge >= 0.3 is 0 Å². The average Bonchev–Trinajstić information content (AvgIpc) is 3.67. The smallest absolute Gasteiger partial charge is 0.143 e. The van der Waals surface area contributed by atoms with Gasteiger partial charge in [0.2, 0.25) is 0 Å². The summed E-state index contributed by atoms with van der Waals surface area (Å²) in [6.45, 7) is 10.8. The van der Waals surface area contributed by atoms with Crippen molar-refractivity contribution in [2.45, 2.75) is 25.8 Å². The molecule has 0 amide bonds. The van der Waals surface area contributed by atoms with Crippen LogP contribution in [0.1, 0.15) is 36.7 Å². The molecule has 3 heterocycles. The van der Waals surface area contributed by atoms with E-state index in [1.807, 2.05) is 37.4 Å². The van der Waals surface area contributed by atoms with Crippen LogP contribution in [0.4, 0.5) is 5.69 Å². The summed E-state index contributed by atoms with van der Waals surface area (Å²) in [5.41, 5.74) is 17.9. The van der Waals surface area contributed by atoms with Crippen LogP contribution in [-0.2, 0) is 0 Å². The van der Waals surface area contributed by atoms with Crippen LogP contribution in [0, 0.1) is 0 Å². The summed E-state index contributed by atoms with van der Waals surface area (Å²) < 4.78 is 8.81. The Morgan fingerprint density at radius 3 is 2.33 bits per heavy atom. The minimum Gasteiger partial charge on any atom is -0.456 e. The summed E-state index contributed by atoms with van der Waals surface area (Å²) in [6.07, 6.45) is 5.73. The van der Waals surface area contributed by atoms with Gasteiger partial charge in [0, 0.05) is 51.8 Å². The van der Waals surface area contributed by atoms with Crippen molar-refractivity contribution >= 4 is 55.9 Å². The van der Waals surface area contributed by atoms with E-state index in [9.17, 15) is 0 Å². The maximum Gasteiger partial charge on any atom is 0.143 e. The van der Waals surface area contributed by atoms with E-state index >= 15 is 0 Å². The van der Waals surface area contributed by atoms with Crippen LogP contribution in [0.3, 0.4) is 0 Å². The first-order chi connectivity index (χ1) is 24.0. The van der Waals surface area contributed by atoms with Gasteiger partial charge in [-0.2, -0.15) is 0 Å². The molecule has 2 N–H and O–H groups in total. The lowest BCUT2D eigenvalue weighted by Gasteiger charge is -2.28. The number of nitrogens with zero attached hydrogens (tertiary/aromatic N) is 3. The first kappa shape index (κ1) is 30.3. The summed E-state index contributed by atoms with van der Waals surface area (Å²) in [5.74, 6) is 1.15. The van der Waals surface area contributed by atoms with Crippen LogP contribution in [0.2, 0.25) is 0 Å². The van der Waals surface area contributed by atoms with E-state index in [1.165, 1.54) is 21.8 Å². The quantitative estimate of drug-likeness (QED) is 0.107. The molecular weight excluding hydrogens is 601 g/mol. The lowest BCUT2D eigenvalue weighted by molar-refractivity contribution is 0.602. The second-order valence-corrected chi connectivity index (χ2v) is 12.7. The number of likely N-dealkylation sites (N-methyl/N-ethyl adjacent to an activating group) is 1. The number of para-hydroxylation sites is 3. The first-order valence-corrected chi connectivity index (χ1v) is 16.8. The van der Waals surface area contributed by atoms with Crippen LogP contribution in [-0.4, -0.2) is 23.5 Å². The fraction of sp³-hybridized carbons (Fsp3) is 0.114. The normalized spacial score (nSPS) is 15.1. The minimum absolute atomic E-state index is 0.0700. The molecule has 1 aliphatic rings. The van der Waals surface area contributed by atoms with Gasteiger partial charge in [-0.25, -0.2) is 0 Å². The molecule has 7 aromatic rings. The van der Waals surface area contributed by atoms with Gasteiger partial charge < -0.3 is 19.6 Å². The van der Waals surface area contributed by atoms with Gasteiger partial charge in [-0.1, -0.05) is 92.7 Å². The molecule has 1 aliphatic heterocycles. The molecule has 5 heteroatoms. The number of anilines is 1. The number of aromatic nitrogens is 1. The molecule has 0 fully saturated rings. The van der Waals surface area contributed by atoms with Crippen molar-refractivity contribution in [3.63, 3.8) is 0 Å². The van der Waals surface area contributed by atoms with Crippen molar-refractivity contribution in [3.05, 3.63) is 157 Å². The van der Waals surface area contributed by atoms with Crippen LogP contribution in [0.5, 0.6) is 0 Å². The Kier molecular flexibility index (Phi) is 7.53. The predicted octanol–water partition coefficient (Wildman–Crippen LogP) is 10.8. The fourth-order valence-corrected chi connectivity index (χ4v) is 7.24. The van der Waals surface area contributed by atoms with Gasteiger partial charge in [0.1, 0.15) is 17.2 Å². The molecule has 2 aromatic heterocycles. The predicted molar refractivity (Wildman–Crippen MR) is 207 cm³/mol. The SMILES string of the molecule is C=CC(CCC)N=C(N)/C1=C/c2oc3ccccc3c2C(=C)c2cc(-c3ccc4c(c3)c3ccccc3n4-c3ccccc3)ccc2N1C. The van der Waals surface area contributed by atoms with E-state index in [1.54, 1.807) is 0 Å². The summed E-state index contributed by atoms with van der Waals surface area (Å²) in [6, 6.07) is 40.6. The van der Waals surface area contributed by atoms with Crippen molar-refractivity contribution in [1.29, 1.82) is 0 Å². The van der Waals surface area contributed by atoms with E-state index in [2.05, 4.69) is 127 Å². The van der Waals surface area contributed by atoms with Gasteiger partial charge in [0.05, 0.1) is 22.8 Å². The molecule has 0 aliphatic carbocycles. The fourth-order valence-electron chi connectivity index (χ4n) is 7.24. The van der Waals surface area contributed by atoms with Crippen LogP contribution in [0.25, 0.3) is 61.2 Å². The van der Waals surface area contributed by atoms with Crippen LogP contribution < -0.4 is 10.6 Å². The van der Waals surface area contributed by atoms with E-state index in [0.29, 0.717) is 11.6 Å². The first-order valence-electron chi connectivity index (χ1n) is 16.8. The average molecular weight is 639 g/mol. The number of benzene rings is 5. The molecule has 5 aromatic carbocycles. The van der Waals surface area contributed by atoms with Crippen molar-refractivity contribution < 1.29 is 4.42 Å². The topological polar surface area (TPSA) is 59.7 Å². The number of fused-ring (bicyclic) bond motifs is 7. The van der Waals surface area contributed by atoms with Gasteiger partial charge in [-0.3, -0.25) is 4.99 Å². The van der Waals surface area contributed by atoms with E-state index in [4.69, 9.17) is 15.1 Å². The zero-order valence-corrected chi connectivity index (χ0v) is 27.9. The third-order valence-corrected chi connectivity index (χ3v) is 9.68. The van der Waals surface area contributed by atoms with Crippen LogP contribution >= 0.6 is 0 Å². The number of amidine groups is 1. The Bertz CT molecular complexity index is 2480. The number of aliphatic imine (C=N–C) groups is 1. The van der Waals surface area contributed by atoms with Gasteiger partial charge in [-0.15, -0.1) is 6.58 Å². The highest BCUT2D eigenvalue weighted by Crippen LogP contribution is 2.43. The number of nitrogens with two attached hydrogens (primary N) is 1. The molecule has 5 nitrogen and oxygen atoms in total. The Labute approximate surface area is 286 Å². The Hall–Kier alpha value is -6.07. The lowest BCUT2D eigenvalue weighted by atomic mass is 9.90. The minimum atomic E-state index is -0.0700. The molecule has 0 saturated carbocycles. The zero-order chi connectivity index (χ0) is 33.6. The highest BCUT2D eigenvalue weighted by atomic mass is 16.3. The number of rotatable bonds is 7. The largest absolute Gasteiger partial charge is 0.456 e. The maximum absolute atomic E-state index is 6.80. The molecule has 0 saturated heterocycles. The van der Waals surface area contributed by atoms with Crippen molar-refractivity contribution in [1.82, 2.24) is 4.57 Å². The second kappa shape index (κ2) is 12.2. The second-order valence-electron chi connectivity index (χ2n) is 12.7. The van der Waals surface area contributed by atoms with Crippen molar-refractivity contribution in [2.75, 3.05) is 11.9 Å². The Morgan fingerprint density at radius 2 is 1.53 bits per heavy atom. The summed E-state index contributed by atoms with van der Waals surface area (Å²) in [4.78, 5) is 6.99. The maximum atomic E-state index is 6.80. The molecule has 0 radical (unpaired) electrons. The highest BCUT2D eigenvalue weighted by molar-refractivity contribution is 6.11. The Morgan fingerprint density at radius 1 is 0.837 bits per heavy atom. The van der Waals surface area contributed by atoms with Gasteiger partial charge in [-0.05, 0) is 71.7 Å². The summed E-state index contributed by atoms with van der Waals surface area (Å²) in [5, 5.41) is 3.44. The standard InChI is InChI=1S/C44H38N4O/c1-5-14-31(6-2)46-44(45)40-27-42-43(34-18-11-13-20-41(34)49-42)28(3)35-25-29(21-23-37(35)47(40)4)30-22-24-39-36(26-30)33-17-10-12-19-38(33)48(39)32-15-8-7-9-16-32/h6-13,15-27,31H,2-3,5,14H2,1,4H3,(H2,45,46)/b40-27-.